The van der Waals surface area contributed by atoms with Gasteiger partial charge in [-0.3, -0.25) is 4.79 Å². The molecular formula is C27H25O4PS. The van der Waals surface area contributed by atoms with E-state index in [9.17, 15) is 17.8 Å². The van der Waals surface area contributed by atoms with Crippen LogP contribution in [0.1, 0.15) is 5.56 Å². The van der Waals surface area contributed by atoms with Crippen molar-refractivity contribution in [3.63, 3.8) is 0 Å². The van der Waals surface area contributed by atoms with Gasteiger partial charge in [0.05, 0.1) is 4.90 Å². The number of carbonyl (C=O) groups is 1. The molecule has 0 unspecified atom stereocenters. The molecule has 4 nitrogen and oxygen atoms in total. The van der Waals surface area contributed by atoms with E-state index in [0.717, 1.165) is 11.8 Å². The van der Waals surface area contributed by atoms with Crippen LogP contribution in [-0.4, -0.2) is 25.4 Å². The van der Waals surface area contributed by atoms with E-state index in [0.29, 0.717) is 6.16 Å². The summed E-state index contributed by atoms with van der Waals surface area (Å²) >= 11 is 0. The van der Waals surface area contributed by atoms with Crippen LogP contribution in [0.25, 0.3) is 0 Å². The Morgan fingerprint density at radius 3 is 1.33 bits per heavy atom. The van der Waals surface area contributed by atoms with E-state index in [-0.39, 0.29) is 4.90 Å². The van der Waals surface area contributed by atoms with Crippen LogP contribution >= 0.6 is 7.26 Å². The van der Waals surface area contributed by atoms with Crippen molar-refractivity contribution in [1.29, 1.82) is 0 Å². The topological polar surface area (TPSA) is 74.3 Å². The first kappa shape index (κ1) is 24.5. The van der Waals surface area contributed by atoms with E-state index < -0.39 is 17.4 Å². The largest absolute Gasteiger partial charge is 0.744 e. The van der Waals surface area contributed by atoms with Crippen LogP contribution in [0, 0.1) is 6.92 Å². The molecule has 0 saturated heterocycles. The molecule has 4 rings (SSSR count). The molecule has 0 aromatic heterocycles. The van der Waals surface area contributed by atoms with Crippen molar-refractivity contribution in [3.05, 3.63) is 121 Å². The van der Waals surface area contributed by atoms with Crippen LogP contribution in [0.2, 0.25) is 0 Å². The molecule has 0 aliphatic rings. The van der Waals surface area contributed by atoms with Crippen molar-refractivity contribution < 1.29 is 17.8 Å². The van der Waals surface area contributed by atoms with E-state index in [2.05, 4.69) is 72.8 Å². The zero-order chi connectivity index (χ0) is 23.7. The summed E-state index contributed by atoms with van der Waals surface area (Å²) in [5, 5.41) is 3.75. The second kappa shape index (κ2) is 11.2. The molecule has 0 heterocycles. The number of rotatable bonds is 6. The highest BCUT2D eigenvalue weighted by molar-refractivity contribution is 7.96. The lowest BCUT2D eigenvalue weighted by Gasteiger charge is -2.25. The van der Waals surface area contributed by atoms with Crippen LogP contribution in [0.15, 0.2) is 120 Å². The standard InChI is InChI=1S/C20H18OP.C7H8O3S/c21-16-17-22(18-10-4-1-5-11-18,19-12-6-2-7-13-19)20-14-8-3-9-15-20;1-6-2-4-7(5-3-6)11(8,9)10/h1-16H,17H2;2-5H,1H3,(H,8,9,10)/q+1;/p-1. The fraction of sp³-hybridized carbons (Fsp3) is 0.0741. The van der Waals surface area contributed by atoms with Gasteiger partial charge >= 0.3 is 0 Å². The van der Waals surface area contributed by atoms with Gasteiger partial charge < -0.3 is 4.55 Å². The Bertz CT molecular complexity index is 1160. The van der Waals surface area contributed by atoms with E-state index in [1.54, 1.807) is 12.1 Å². The normalized spacial score (nSPS) is 11.2. The molecule has 0 N–H and O–H groups in total. The van der Waals surface area contributed by atoms with Gasteiger partial charge in [0.1, 0.15) is 39.5 Å². The molecule has 6 heteroatoms. The molecule has 0 aliphatic heterocycles. The molecule has 0 aliphatic carbocycles. The van der Waals surface area contributed by atoms with Gasteiger partial charge in [0, 0.05) is 0 Å². The first-order chi connectivity index (χ1) is 15.9. The third-order valence-corrected chi connectivity index (χ3v) is 10.3. The Hall–Kier alpha value is -3.11. The fourth-order valence-corrected chi connectivity index (χ4v) is 7.89. The highest BCUT2D eigenvalue weighted by Crippen LogP contribution is 2.54. The van der Waals surface area contributed by atoms with Crippen LogP contribution in [0.3, 0.4) is 0 Å². The summed E-state index contributed by atoms with van der Waals surface area (Å²) in [7, 11) is -6.19. The van der Waals surface area contributed by atoms with Gasteiger partial charge in [0.2, 0.25) is 0 Å². The molecule has 168 valence electrons. The number of hydrogen-bond acceptors (Lipinski definition) is 4. The van der Waals surface area contributed by atoms with Crippen molar-refractivity contribution in [1.82, 2.24) is 0 Å². The minimum absolute atomic E-state index is 0.178. The first-order valence-corrected chi connectivity index (χ1v) is 13.8. The number of benzene rings is 4. The van der Waals surface area contributed by atoms with Gasteiger partial charge in [-0.05, 0) is 55.5 Å². The van der Waals surface area contributed by atoms with Crippen molar-refractivity contribution >= 4 is 39.6 Å². The number of carbonyl (C=O) groups excluding carboxylic acids is 1. The van der Waals surface area contributed by atoms with Crippen LogP contribution in [0.4, 0.5) is 0 Å². The zero-order valence-electron chi connectivity index (χ0n) is 18.2. The molecule has 0 amide bonds. The molecule has 0 fully saturated rings. The Labute approximate surface area is 196 Å². The van der Waals surface area contributed by atoms with E-state index in [4.69, 9.17) is 0 Å². The van der Waals surface area contributed by atoms with E-state index >= 15 is 0 Å². The number of hydrogen-bond donors (Lipinski definition) is 0. The van der Waals surface area contributed by atoms with E-state index in [1.165, 1.54) is 28.0 Å². The number of aryl methyl sites for hydroxylation is 1. The highest BCUT2D eigenvalue weighted by atomic mass is 32.2. The summed E-state index contributed by atoms with van der Waals surface area (Å²) in [5.74, 6) is 0. The van der Waals surface area contributed by atoms with Gasteiger partial charge in [0.25, 0.3) is 0 Å². The third-order valence-electron chi connectivity index (χ3n) is 5.25. The minimum atomic E-state index is -4.27. The number of aldehydes is 1. The lowest BCUT2D eigenvalue weighted by atomic mass is 10.2. The molecule has 0 radical (unpaired) electrons. The average molecular weight is 477 g/mol. The van der Waals surface area contributed by atoms with Gasteiger partial charge in [-0.15, -0.1) is 0 Å². The van der Waals surface area contributed by atoms with Crippen molar-refractivity contribution in [2.75, 3.05) is 6.16 Å². The maximum atomic E-state index is 11.6. The van der Waals surface area contributed by atoms with Crippen molar-refractivity contribution in [2.24, 2.45) is 0 Å². The summed E-state index contributed by atoms with van der Waals surface area (Å²) < 4.78 is 31.2. The second-order valence-electron chi connectivity index (χ2n) is 7.43. The highest BCUT2D eigenvalue weighted by Gasteiger charge is 2.44. The maximum Gasteiger partial charge on any atom is 0.158 e. The Morgan fingerprint density at radius 1 is 0.667 bits per heavy atom. The summed E-state index contributed by atoms with van der Waals surface area (Å²) in [6.07, 6.45) is 1.60. The van der Waals surface area contributed by atoms with Crippen LogP contribution in [0.5, 0.6) is 0 Å². The van der Waals surface area contributed by atoms with Crippen molar-refractivity contribution in [3.8, 4) is 0 Å². The predicted octanol–water partition coefficient (Wildman–Crippen LogP) is 4.08. The Balaban J connectivity index is 0.000000235. The Morgan fingerprint density at radius 2 is 1.03 bits per heavy atom. The summed E-state index contributed by atoms with van der Waals surface area (Å²) in [6.45, 7) is 1.82. The van der Waals surface area contributed by atoms with Gasteiger partial charge in [-0.1, -0.05) is 72.3 Å². The molecule has 4 aromatic carbocycles. The first-order valence-electron chi connectivity index (χ1n) is 10.4. The van der Waals surface area contributed by atoms with Crippen LogP contribution < -0.4 is 15.9 Å². The average Bonchev–Trinajstić information content (AvgIpc) is 2.84. The van der Waals surface area contributed by atoms with Gasteiger partial charge in [0.15, 0.2) is 6.29 Å². The maximum absolute atomic E-state index is 11.6. The minimum Gasteiger partial charge on any atom is -0.744 e. The van der Waals surface area contributed by atoms with E-state index in [1.807, 2.05) is 25.1 Å². The molecule has 0 bridgehead atoms. The summed E-state index contributed by atoms with van der Waals surface area (Å²) in [4.78, 5) is 11.4. The molecule has 0 saturated carbocycles. The predicted molar refractivity (Wildman–Crippen MR) is 135 cm³/mol. The lowest BCUT2D eigenvalue weighted by molar-refractivity contribution is -0.105. The SMILES string of the molecule is Cc1ccc(S(=O)(=O)[O-])cc1.O=CC[P+](c1ccccc1)(c1ccccc1)c1ccccc1. The molecule has 0 atom stereocenters. The molecule has 4 aromatic rings. The Kier molecular flexibility index (Phi) is 8.29. The van der Waals surface area contributed by atoms with Crippen molar-refractivity contribution in [2.45, 2.75) is 11.8 Å². The molecule has 33 heavy (non-hydrogen) atoms. The molecule has 0 spiro atoms. The summed E-state index contributed by atoms with van der Waals surface area (Å²) in [5.41, 5.74) is 0.928. The zero-order valence-corrected chi connectivity index (χ0v) is 20.0. The quantitative estimate of drug-likeness (QED) is 0.239. The summed E-state index contributed by atoms with van der Waals surface area (Å²) in [6, 6.07) is 37.1. The van der Waals surface area contributed by atoms with Crippen LogP contribution in [-0.2, 0) is 14.9 Å². The second-order valence-corrected chi connectivity index (χ2v) is 12.3. The lowest BCUT2D eigenvalue weighted by Crippen LogP contribution is -2.33. The third kappa shape index (κ3) is 6.02. The monoisotopic (exact) mass is 476 g/mol. The molecular weight excluding hydrogens is 451 g/mol. The smallest absolute Gasteiger partial charge is 0.158 e. The van der Waals surface area contributed by atoms with Gasteiger partial charge in [-0.2, -0.15) is 0 Å². The fourth-order valence-electron chi connectivity index (χ4n) is 3.63. The van der Waals surface area contributed by atoms with Gasteiger partial charge in [-0.25, -0.2) is 8.42 Å².